The van der Waals surface area contributed by atoms with Crippen molar-refractivity contribution in [1.29, 1.82) is 0 Å². The van der Waals surface area contributed by atoms with E-state index in [0.717, 1.165) is 44.8 Å². The normalized spacial score (nSPS) is 17.0. The summed E-state index contributed by atoms with van der Waals surface area (Å²) in [6.07, 6.45) is 1.99. The summed E-state index contributed by atoms with van der Waals surface area (Å²) in [5.41, 5.74) is 7.83. The molecular weight excluding hydrogens is 408 g/mol. The van der Waals surface area contributed by atoms with Crippen LogP contribution in [0.5, 0.6) is 0 Å². The first-order valence-corrected chi connectivity index (χ1v) is 11.3. The molecule has 0 N–H and O–H groups in total. The van der Waals surface area contributed by atoms with Gasteiger partial charge in [-0.15, -0.1) is 0 Å². The summed E-state index contributed by atoms with van der Waals surface area (Å²) in [7, 11) is 0. The van der Waals surface area contributed by atoms with E-state index in [2.05, 4.69) is 0 Å². The molecule has 1 atom stereocenters. The molecule has 168 valence electrons. The molecule has 2 amide bonds. The summed E-state index contributed by atoms with van der Waals surface area (Å²) >= 11 is 0. The standard InChI is InChI=1S/C29H30N2O2/c1-19-11-13-25(16-21(19)3)30-18-27(32)31(26-14-12-20(2)22(4)17-26)28(29(30)33)23(5)15-24-9-7-6-8-10-24/h6-17,28H,18H2,1-5H3/b23-15-/t28-/m1/s1. The molecule has 1 aliphatic heterocycles. The molecule has 4 heteroatoms. The van der Waals surface area contributed by atoms with Crippen molar-refractivity contribution in [3.8, 4) is 0 Å². The van der Waals surface area contributed by atoms with Gasteiger partial charge < -0.3 is 4.90 Å². The first kappa shape index (κ1) is 22.5. The SMILES string of the molecule is C/C(=C/c1ccccc1)[C@@H]1C(=O)N(c2ccc(C)c(C)c2)CC(=O)N1c1ccc(C)c(C)c1. The summed E-state index contributed by atoms with van der Waals surface area (Å²) in [5, 5.41) is 0. The van der Waals surface area contributed by atoms with E-state index in [1.165, 1.54) is 0 Å². The van der Waals surface area contributed by atoms with E-state index in [0.29, 0.717) is 0 Å². The van der Waals surface area contributed by atoms with Gasteiger partial charge in [0.15, 0.2) is 0 Å². The number of benzene rings is 3. The maximum absolute atomic E-state index is 13.9. The molecule has 0 bridgehead atoms. The Balaban J connectivity index is 1.82. The largest absolute Gasteiger partial charge is 0.301 e. The molecule has 3 aromatic rings. The number of rotatable bonds is 4. The topological polar surface area (TPSA) is 40.6 Å². The quantitative estimate of drug-likeness (QED) is 0.519. The Morgan fingerprint density at radius 3 is 1.97 bits per heavy atom. The summed E-state index contributed by atoms with van der Waals surface area (Å²) in [6.45, 7) is 10.1. The highest BCUT2D eigenvalue weighted by Crippen LogP contribution is 2.31. The van der Waals surface area contributed by atoms with Gasteiger partial charge in [0.2, 0.25) is 5.91 Å². The predicted octanol–water partition coefficient (Wildman–Crippen LogP) is 5.77. The van der Waals surface area contributed by atoms with Crippen molar-refractivity contribution >= 4 is 29.3 Å². The molecule has 0 unspecified atom stereocenters. The van der Waals surface area contributed by atoms with Crippen LogP contribution in [-0.2, 0) is 9.59 Å². The van der Waals surface area contributed by atoms with Crippen LogP contribution >= 0.6 is 0 Å². The van der Waals surface area contributed by atoms with Crippen LogP contribution in [0.25, 0.3) is 6.08 Å². The number of hydrogen-bond donors (Lipinski definition) is 0. The minimum absolute atomic E-state index is 0.0172. The van der Waals surface area contributed by atoms with Crippen molar-refractivity contribution in [3.63, 3.8) is 0 Å². The molecule has 1 aliphatic rings. The summed E-state index contributed by atoms with van der Waals surface area (Å²) in [6, 6.07) is 21.0. The molecule has 0 spiro atoms. The number of carbonyl (C=O) groups is 2. The highest BCUT2D eigenvalue weighted by Gasteiger charge is 2.41. The monoisotopic (exact) mass is 438 g/mol. The van der Waals surface area contributed by atoms with Gasteiger partial charge in [0.05, 0.1) is 0 Å². The van der Waals surface area contributed by atoms with Crippen LogP contribution < -0.4 is 9.80 Å². The molecule has 0 aliphatic carbocycles. The van der Waals surface area contributed by atoms with Crippen LogP contribution in [0.15, 0.2) is 72.3 Å². The van der Waals surface area contributed by atoms with E-state index >= 15 is 0 Å². The first-order chi connectivity index (χ1) is 15.8. The van der Waals surface area contributed by atoms with Gasteiger partial charge in [-0.25, -0.2) is 0 Å². The van der Waals surface area contributed by atoms with Gasteiger partial charge in [0.25, 0.3) is 5.91 Å². The molecular formula is C29H30N2O2. The van der Waals surface area contributed by atoms with Crippen molar-refractivity contribution in [1.82, 2.24) is 0 Å². The molecule has 0 saturated carbocycles. The Hall–Kier alpha value is -3.66. The third-order valence-corrected chi connectivity index (χ3v) is 6.52. The molecule has 33 heavy (non-hydrogen) atoms. The lowest BCUT2D eigenvalue weighted by Gasteiger charge is -2.41. The second-order valence-corrected chi connectivity index (χ2v) is 8.93. The van der Waals surface area contributed by atoms with Crippen LogP contribution in [0.2, 0.25) is 0 Å². The highest BCUT2D eigenvalue weighted by atomic mass is 16.2. The maximum Gasteiger partial charge on any atom is 0.254 e. The maximum atomic E-state index is 13.9. The van der Waals surface area contributed by atoms with Crippen LogP contribution in [-0.4, -0.2) is 24.4 Å². The van der Waals surface area contributed by atoms with Crippen LogP contribution in [0.4, 0.5) is 11.4 Å². The van der Waals surface area contributed by atoms with Gasteiger partial charge in [0.1, 0.15) is 12.6 Å². The number of amides is 2. The Bertz CT molecular complexity index is 1240. The molecule has 1 saturated heterocycles. The fourth-order valence-corrected chi connectivity index (χ4v) is 4.26. The Kier molecular flexibility index (Phi) is 6.19. The van der Waals surface area contributed by atoms with Crippen LogP contribution in [0.1, 0.15) is 34.7 Å². The van der Waals surface area contributed by atoms with E-state index in [1.54, 1.807) is 9.80 Å². The molecule has 0 aromatic heterocycles. The van der Waals surface area contributed by atoms with E-state index < -0.39 is 6.04 Å². The van der Waals surface area contributed by atoms with Crippen molar-refractivity contribution in [2.75, 3.05) is 16.3 Å². The minimum atomic E-state index is -0.713. The van der Waals surface area contributed by atoms with Crippen LogP contribution in [0, 0.1) is 27.7 Å². The Morgan fingerprint density at radius 2 is 1.36 bits per heavy atom. The van der Waals surface area contributed by atoms with E-state index in [-0.39, 0.29) is 18.4 Å². The summed E-state index contributed by atoms with van der Waals surface area (Å²) < 4.78 is 0. The fourth-order valence-electron chi connectivity index (χ4n) is 4.26. The molecule has 1 heterocycles. The van der Waals surface area contributed by atoms with Gasteiger partial charge in [0, 0.05) is 11.4 Å². The number of hydrogen-bond acceptors (Lipinski definition) is 2. The number of nitrogens with zero attached hydrogens (tertiary/aromatic N) is 2. The molecule has 4 rings (SSSR count). The third kappa shape index (κ3) is 4.47. The average molecular weight is 439 g/mol. The van der Waals surface area contributed by atoms with Crippen molar-refractivity contribution in [2.45, 2.75) is 40.7 Å². The van der Waals surface area contributed by atoms with Gasteiger partial charge in [-0.3, -0.25) is 14.5 Å². The zero-order chi connectivity index (χ0) is 23.7. The lowest BCUT2D eigenvalue weighted by atomic mass is 9.97. The lowest BCUT2D eigenvalue weighted by molar-refractivity contribution is -0.127. The zero-order valence-electron chi connectivity index (χ0n) is 19.9. The fraction of sp³-hybridized carbons (Fsp3) is 0.241. The van der Waals surface area contributed by atoms with Crippen molar-refractivity contribution in [2.24, 2.45) is 0 Å². The smallest absolute Gasteiger partial charge is 0.254 e. The number of piperazine rings is 1. The zero-order valence-corrected chi connectivity index (χ0v) is 19.9. The van der Waals surface area contributed by atoms with E-state index in [1.807, 2.05) is 107 Å². The average Bonchev–Trinajstić information content (AvgIpc) is 2.79. The Labute approximate surface area is 196 Å². The number of carbonyl (C=O) groups excluding carboxylic acids is 2. The molecule has 0 radical (unpaired) electrons. The van der Waals surface area contributed by atoms with E-state index in [9.17, 15) is 9.59 Å². The van der Waals surface area contributed by atoms with Gasteiger partial charge in [-0.05, 0) is 92.3 Å². The predicted molar refractivity (Wildman–Crippen MR) is 136 cm³/mol. The lowest BCUT2D eigenvalue weighted by Crippen LogP contribution is -2.61. The third-order valence-electron chi connectivity index (χ3n) is 6.52. The van der Waals surface area contributed by atoms with E-state index in [4.69, 9.17) is 0 Å². The second kappa shape index (κ2) is 9.07. The second-order valence-electron chi connectivity index (χ2n) is 8.93. The van der Waals surface area contributed by atoms with Gasteiger partial charge in [-0.1, -0.05) is 48.5 Å². The van der Waals surface area contributed by atoms with Crippen molar-refractivity contribution < 1.29 is 9.59 Å². The molecule has 4 nitrogen and oxygen atoms in total. The molecule has 3 aromatic carbocycles. The molecule has 1 fully saturated rings. The van der Waals surface area contributed by atoms with Crippen molar-refractivity contribution in [3.05, 3.63) is 100 Å². The van der Waals surface area contributed by atoms with Gasteiger partial charge in [-0.2, -0.15) is 0 Å². The number of aryl methyl sites for hydroxylation is 4. The first-order valence-electron chi connectivity index (χ1n) is 11.3. The highest BCUT2D eigenvalue weighted by molar-refractivity contribution is 6.16. The van der Waals surface area contributed by atoms with Crippen LogP contribution in [0.3, 0.4) is 0 Å². The summed E-state index contributed by atoms with van der Waals surface area (Å²) in [5.74, 6) is -0.192. The minimum Gasteiger partial charge on any atom is -0.301 e. The Morgan fingerprint density at radius 1 is 0.788 bits per heavy atom. The van der Waals surface area contributed by atoms with Gasteiger partial charge >= 0.3 is 0 Å². The summed E-state index contributed by atoms with van der Waals surface area (Å²) in [4.78, 5) is 30.8. The number of anilines is 2.